The fraction of sp³-hybridized carbons (Fsp3) is 0.300. The van der Waals surface area contributed by atoms with Crippen molar-refractivity contribution in [1.29, 1.82) is 0 Å². The van der Waals surface area contributed by atoms with Gasteiger partial charge in [0.2, 0.25) is 0 Å². The van der Waals surface area contributed by atoms with E-state index >= 15 is 0 Å². The molecule has 0 saturated heterocycles. The van der Waals surface area contributed by atoms with Crippen molar-refractivity contribution in [2.24, 2.45) is 0 Å². The summed E-state index contributed by atoms with van der Waals surface area (Å²) < 4.78 is 15.9. The van der Waals surface area contributed by atoms with Crippen molar-refractivity contribution in [2.75, 3.05) is 19.0 Å². The molecule has 1 amide bonds. The number of para-hydroxylation sites is 2. The quantitative estimate of drug-likeness (QED) is 0.767. The Kier molecular flexibility index (Phi) is 6.60. The third kappa shape index (κ3) is 4.75. The minimum absolute atomic E-state index is 0.290. The molecule has 0 spiro atoms. The number of esters is 1. The van der Waals surface area contributed by atoms with Crippen LogP contribution in [0.5, 0.6) is 11.5 Å². The Bertz CT molecular complexity index is 788. The van der Waals surface area contributed by atoms with Crippen LogP contribution < -0.4 is 14.8 Å². The summed E-state index contributed by atoms with van der Waals surface area (Å²) in [4.78, 5) is 24.3. The number of nitrogens with one attached hydrogen (secondary N) is 1. The van der Waals surface area contributed by atoms with Crippen LogP contribution in [0.25, 0.3) is 0 Å². The van der Waals surface area contributed by atoms with Gasteiger partial charge >= 0.3 is 5.97 Å². The zero-order chi connectivity index (χ0) is 19.1. The number of hydrogen-bond acceptors (Lipinski definition) is 5. The minimum Gasteiger partial charge on any atom is -0.493 e. The fourth-order valence-electron chi connectivity index (χ4n) is 2.29. The van der Waals surface area contributed by atoms with Gasteiger partial charge in [0.25, 0.3) is 5.91 Å². The summed E-state index contributed by atoms with van der Waals surface area (Å²) in [5.41, 5.74) is 1.75. The number of amides is 1. The van der Waals surface area contributed by atoms with Gasteiger partial charge in [-0.2, -0.15) is 0 Å². The molecule has 1 atom stereocenters. The van der Waals surface area contributed by atoms with Crippen LogP contribution in [0, 0.1) is 6.92 Å². The van der Waals surface area contributed by atoms with Crippen molar-refractivity contribution >= 4 is 17.6 Å². The first kappa shape index (κ1) is 19.3. The normalized spacial score (nSPS) is 11.4. The zero-order valence-corrected chi connectivity index (χ0v) is 15.4. The van der Waals surface area contributed by atoms with E-state index in [9.17, 15) is 9.59 Å². The summed E-state index contributed by atoms with van der Waals surface area (Å²) in [6.07, 6.45) is -0.753. The lowest BCUT2D eigenvalue weighted by molar-refractivity contribution is -0.122. The summed E-state index contributed by atoms with van der Waals surface area (Å²) in [5.74, 6) is 0.267. The van der Waals surface area contributed by atoms with Crippen LogP contribution in [0.4, 0.5) is 5.69 Å². The van der Waals surface area contributed by atoms with Crippen molar-refractivity contribution in [1.82, 2.24) is 0 Å². The lowest BCUT2D eigenvalue weighted by atomic mass is 10.1. The van der Waals surface area contributed by atoms with Crippen molar-refractivity contribution in [3.63, 3.8) is 0 Å². The van der Waals surface area contributed by atoms with E-state index in [1.165, 1.54) is 7.11 Å². The molecule has 0 bridgehead atoms. The van der Waals surface area contributed by atoms with Crippen LogP contribution in [0.15, 0.2) is 42.5 Å². The van der Waals surface area contributed by atoms with E-state index in [0.29, 0.717) is 22.7 Å². The summed E-state index contributed by atoms with van der Waals surface area (Å²) in [7, 11) is 1.54. The first-order chi connectivity index (χ1) is 12.5. The minimum atomic E-state index is -0.753. The average molecular weight is 357 g/mol. The highest BCUT2D eigenvalue weighted by Crippen LogP contribution is 2.27. The molecule has 1 N–H and O–H groups in total. The zero-order valence-electron chi connectivity index (χ0n) is 15.4. The number of anilines is 1. The van der Waals surface area contributed by atoms with Crippen molar-refractivity contribution in [3.05, 3.63) is 53.6 Å². The van der Waals surface area contributed by atoms with Crippen LogP contribution in [-0.2, 0) is 9.53 Å². The molecule has 0 aliphatic heterocycles. The molecule has 0 aliphatic rings. The maximum absolute atomic E-state index is 12.5. The standard InChI is InChI=1S/C20H23NO5/c1-5-25-20(23)15-11-10-13(2)16(12-15)21-19(22)14(3)26-18-9-7-6-8-17(18)24-4/h6-12,14H,5H2,1-4H3,(H,21,22). The molecule has 138 valence electrons. The second-order valence-electron chi connectivity index (χ2n) is 5.65. The van der Waals surface area contributed by atoms with E-state index in [2.05, 4.69) is 5.32 Å². The molecule has 2 rings (SSSR count). The van der Waals surface area contributed by atoms with E-state index in [0.717, 1.165) is 5.56 Å². The summed E-state index contributed by atoms with van der Waals surface area (Å²) >= 11 is 0. The highest BCUT2D eigenvalue weighted by molar-refractivity contribution is 5.97. The molecule has 0 radical (unpaired) electrons. The highest BCUT2D eigenvalue weighted by Gasteiger charge is 2.18. The number of carbonyl (C=O) groups is 2. The average Bonchev–Trinajstić information content (AvgIpc) is 2.64. The topological polar surface area (TPSA) is 73.9 Å². The Balaban J connectivity index is 2.11. The molecule has 0 heterocycles. The number of methoxy groups -OCH3 is 1. The van der Waals surface area contributed by atoms with Crippen molar-refractivity contribution < 1.29 is 23.8 Å². The van der Waals surface area contributed by atoms with Gasteiger partial charge in [0.05, 0.1) is 19.3 Å². The molecule has 0 aromatic heterocycles. The third-order valence-corrected chi connectivity index (χ3v) is 3.75. The number of ether oxygens (including phenoxy) is 3. The van der Waals surface area contributed by atoms with Crippen LogP contribution in [0.1, 0.15) is 29.8 Å². The van der Waals surface area contributed by atoms with Crippen molar-refractivity contribution in [3.8, 4) is 11.5 Å². The van der Waals surface area contributed by atoms with Gasteiger partial charge in [0.15, 0.2) is 17.6 Å². The maximum Gasteiger partial charge on any atom is 0.338 e. The van der Waals surface area contributed by atoms with Gasteiger partial charge in [-0.15, -0.1) is 0 Å². The summed E-state index contributed by atoms with van der Waals surface area (Å²) in [6, 6.07) is 12.1. The second kappa shape index (κ2) is 8.89. The first-order valence-corrected chi connectivity index (χ1v) is 8.34. The second-order valence-corrected chi connectivity index (χ2v) is 5.65. The SMILES string of the molecule is CCOC(=O)c1ccc(C)c(NC(=O)C(C)Oc2ccccc2OC)c1. The van der Waals surface area contributed by atoms with Gasteiger partial charge in [-0.25, -0.2) is 4.79 Å². The Hall–Kier alpha value is -3.02. The summed E-state index contributed by atoms with van der Waals surface area (Å²) in [5, 5.41) is 2.79. The van der Waals surface area contributed by atoms with Crippen LogP contribution >= 0.6 is 0 Å². The Morgan fingerprint density at radius 2 is 1.81 bits per heavy atom. The van der Waals surface area contributed by atoms with E-state index in [4.69, 9.17) is 14.2 Å². The molecule has 0 aliphatic carbocycles. The lowest BCUT2D eigenvalue weighted by Gasteiger charge is -2.17. The monoisotopic (exact) mass is 357 g/mol. The smallest absolute Gasteiger partial charge is 0.338 e. The van der Waals surface area contributed by atoms with Crippen LogP contribution in [0.3, 0.4) is 0 Å². The molecule has 2 aromatic rings. The number of rotatable bonds is 7. The number of benzene rings is 2. The van der Waals surface area contributed by atoms with Crippen molar-refractivity contribution in [2.45, 2.75) is 26.9 Å². The summed E-state index contributed by atoms with van der Waals surface area (Å²) in [6.45, 7) is 5.52. The Morgan fingerprint density at radius 3 is 2.46 bits per heavy atom. The molecule has 0 saturated carbocycles. The fourth-order valence-corrected chi connectivity index (χ4v) is 2.29. The van der Waals surface area contributed by atoms with Crippen LogP contribution in [0.2, 0.25) is 0 Å². The number of aryl methyl sites for hydroxylation is 1. The number of hydrogen-bond donors (Lipinski definition) is 1. The van der Waals surface area contributed by atoms with E-state index in [-0.39, 0.29) is 12.5 Å². The van der Waals surface area contributed by atoms with Crippen LogP contribution in [-0.4, -0.2) is 31.7 Å². The van der Waals surface area contributed by atoms with E-state index < -0.39 is 12.1 Å². The largest absolute Gasteiger partial charge is 0.493 e. The molecule has 1 unspecified atom stereocenters. The molecular weight excluding hydrogens is 334 g/mol. The van der Waals surface area contributed by atoms with E-state index in [1.807, 2.05) is 13.0 Å². The Labute approximate surface area is 153 Å². The third-order valence-electron chi connectivity index (χ3n) is 3.75. The van der Waals surface area contributed by atoms with Gasteiger partial charge in [-0.05, 0) is 50.6 Å². The van der Waals surface area contributed by atoms with Gasteiger partial charge in [0.1, 0.15) is 0 Å². The van der Waals surface area contributed by atoms with E-state index in [1.54, 1.807) is 50.2 Å². The Morgan fingerprint density at radius 1 is 1.12 bits per heavy atom. The number of carbonyl (C=O) groups excluding carboxylic acids is 2. The van der Waals surface area contributed by atoms with Gasteiger partial charge in [0, 0.05) is 5.69 Å². The highest BCUT2D eigenvalue weighted by atomic mass is 16.5. The molecule has 26 heavy (non-hydrogen) atoms. The van der Waals surface area contributed by atoms with Gasteiger partial charge < -0.3 is 19.5 Å². The van der Waals surface area contributed by atoms with Gasteiger partial charge in [-0.3, -0.25) is 4.79 Å². The molecule has 0 fully saturated rings. The molecule has 6 heteroatoms. The molecular formula is C20H23NO5. The van der Waals surface area contributed by atoms with Gasteiger partial charge in [-0.1, -0.05) is 18.2 Å². The maximum atomic E-state index is 12.5. The lowest BCUT2D eigenvalue weighted by Crippen LogP contribution is -2.30. The predicted octanol–water partition coefficient (Wildman–Crippen LogP) is 3.59. The molecule has 2 aromatic carbocycles. The predicted molar refractivity (Wildman–Crippen MR) is 98.8 cm³/mol. The molecule has 6 nitrogen and oxygen atoms in total. The first-order valence-electron chi connectivity index (χ1n) is 8.34.